The Morgan fingerprint density at radius 1 is 1.55 bits per heavy atom. The van der Waals surface area contributed by atoms with Gasteiger partial charge in [-0.3, -0.25) is 0 Å². The molecule has 2 heteroatoms. The molecule has 0 aliphatic heterocycles. The van der Waals surface area contributed by atoms with E-state index in [-0.39, 0.29) is 0 Å². The first kappa shape index (κ1) is 9.05. The van der Waals surface area contributed by atoms with E-state index >= 15 is 0 Å². The summed E-state index contributed by atoms with van der Waals surface area (Å²) >= 11 is 3.10. The topological polar surface area (TPSA) is 3.24 Å². The monoisotopic (exact) mass is 216 g/mol. The van der Waals surface area contributed by atoms with Crippen LogP contribution in [0.15, 0.2) is 22.7 Å². The molecule has 0 bridgehead atoms. The molecular formula is C9H14NSe-. The van der Waals surface area contributed by atoms with Crippen molar-refractivity contribution in [1.82, 2.24) is 4.90 Å². The van der Waals surface area contributed by atoms with Crippen LogP contribution in [-0.4, -0.2) is 41.0 Å². The fourth-order valence-electron chi connectivity index (χ4n) is 1.20. The van der Waals surface area contributed by atoms with Gasteiger partial charge in [-0.05, 0) is 0 Å². The quantitative estimate of drug-likeness (QED) is 0.625. The predicted octanol–water partition coefficient (Wildman–Crippen LogP) is 1.17. The van der Waals surface area contributed by atoms with Gasteiger partial charge in [0, 0.05) is 0 Å². The SMILES string of the molecule is C[C@@H](C1C=CC=C1[Se-])N(C)C. The van der Waals surface area contributed by atoms with E-state index < -0.39 is 0 Å². The molecular weight excluding hydrogens is 201 g/mol. The van der Waals surface area contributed by atoms with Gasteiger partial charge in [-0.15, -0.1) is 0 Å². The Labute approximate surface area is 77.0 Å². The van der Waals surface area contributed by atoms with E-state index in [1.165, 1.54) is 4.47 Å². The molecule has 0 saturated carbocycles. The Bertz CT molecular complexity index is 194. The summed E-state index contributed by atoms with van der Waals surface area (Å²) in [5.41, 5.74) is 0. The van der Waals surface area contributed by atoms with Crippen LogP contribution >= 0.6 is 0 Å². The molecule has 0 aromatic carbocycles. The van der Waals surface area contributed by atoms with Gasteiger partial charge in [0.15, 0.2) is 0 Å². The average Bonchev–Trinajstić information content (AvgIpc) is 2.33. The second kappa shape index (κ2) is 3.57. The van der Waals surface area contributed by atoms with Gasteiger partial charge in [0.25, 0.3) is 0 Å². The third kappa shape index (κ3) is 1.96. The fraction of sp³-hybridized carbons (Fsp3) is 0.556. The van der Waals surface area contributed by atoms with Crippen LogP contribution < -0.4 is 0 Å². The van der Waals surface area contributed by atoms with Crippen molar-refractivity contribution in [3.05, 3.63) is 22.7 Å². The molecule has 62 valence electrons. The van der Waals surface area contributed by atoms with Crippen molar-refractivity contribution in [2.45, 2.75) is 13.0 Å². The fourth-order valence-corrected chi connectivity index (χ4v) is 1.94. The third-order valence-corrected chi connectivity index (χ3v) is 3.10. The molecule has 0 radical (unpaired) electrons. The van der Waals surface area contributed by atoms with E-state index in [2.05, 4.69) is 60.2 Å². The van der Waals surface area contributed by atoms with Crippen LogP contribution in [0.4, 0.5) is 0 Å². The maximum absolute atomic E-state index is 3.10. The van der Waals surface area contributed by atoms with Crippen molar-refractivity contribution in [2.24, 2.45) is 5.92 Å². The predicted molar refractivity (Wildman–Crippen MR) is 49.6 cm³/mol. The molecule has 1 aliphatic rings. The summed E-state index contributed by atoms with van der Waals surface area (Å²) in [6.07, 6.45) is 6.51. The Hall–Kier alpha value is -0.0405. The van der Waals surface area contributed by atoms with Gasteiger partial charge in [-0.1, -0.05) is 0 Å². The zero-order valence-electron chi connectivity index (χ0n) is 7.24. The minimum absolute atomic E-state index is 0.574. The second-order valence-electron chi connectivity index (χ2n) is 3.18. The molecule has 0 aromatic rings. The molecule has 1 aliphatic carbocycles. The molecule has 1 unspecified atom stereocenters. The molecule has 0 fully saturated rings. The first-order chi connectivity index (χ1) is 5.13. The number of allylic oxidation sites excluding steroid dienone is 2. The number of hydrogen-bond donors (Lipinski definition) is 0. The molecule has 11 heavy (non-hydrogen) atoms. The summed E-state index contributed by atoms with van der Waals surface area (Å²) < 4.78 is 1.35. The van der Waals surface area contributed by atoms with Crippen molar-refractivity contribution in [2.75, 3.05) is 14.1 Å². The second-order valence-corrected chi connectivity index (χ2v) is 4.17. The molecule has 2 atom stereocenters. The minimum atomic E-state index is 0.574. The van der Waals surface area contributed by atoms with Crippen LogP contribution in [0.2, 0.25) is 0 Å². The van der Waals surface area contributed by atoms with Crippen molar-refractivity contribution in [1.29, 1.82) is 0 Å². The summed E-state index contributed by atoms with van der Waals surface area (Å²) in [6.45, 7) is 2.24. The maximum atomic E-state index is 3.10. The van der Waals surface area contributed by atoms with Gasteiger partial charge in [-0.2, -0.15) is 0 Å². The average molecular weight is 215 g/mol. The first-order valence-corrected chi connectivity index (χ1v) is 4.70. The normalized spacial score (nSPS) is 25.8. The van der Waals surface area contributed by atoms with E-state index in [1.807, 2.05) is 0 Å². The summed E-state index contributed by atoms with van der Waals surface area (Å²) in [7, 11) is 4.23. The molecule has 0 spiro atoms. The van der Waals surface area contributed by atoms with Gasteiger partial charge in [-0.25, -0.2) is 0 Å². The Kier molecular flexibility index (Phi) is 2.94. The number of hydrogen-bond acceptors (Lipinski definition) is 1. The van der Waals surface area contributed by atoms with Crippen molar-refractivity contribution in [3.8, 4) is 0 Å². The Balaban J connectivity index is 2.62. The third-order valence-electron chi connectivity index (χ3n) is 2.24. The molecule has 1 rings (SSSR count). The standard InChI is InChI=1S/C9H15NSe/c1-7(10(2)3)8-5-4-6-9(8)11/h4-8,11H,1-3H3/p-1/t7-,8?/m0/s1. The van der Waals surface area contributed by atoms with E-state index in [0.717, 1.165) is 0 Å². The van der Waals surface area contributed by atoms with Crippen LogP contribution in [0.1, 0.15) is 6.92 Å². The zero-order chi connectivity index (χ0) is 8.43. The Morgan fingerprint density at radius 3 is 2.55 bits per heavy atom. The van der Waals surface area contributed by atoms with Gasteiger partial charge in [0.1, 0.15) is 0 Å². The van der Waals surface area contributed by atoms with Crippen LogP contribution in [0, 0.1) is 5.92 Å². The van der Waals surface area contributed by atoms with Crippen molar-refractivity contribution >= 4 is 16.0 Å². The number of rotatable bonds is 2. The first-order valence-electron chi connectivity index (χ1n) is 3.84. The molecule has 0 amide bonds. The molecule has 1 nitrogen and oxygen atoms in total. The van der Waals surface area contributed by atoms with Crippen LogP contribution in [0.5, 0.6) is 0 Å². The van der Waals surface area contributed by atoms with Gasteiger partial charge >= 0.3 is 76.6 Å². The molecule has 0 N–H and O–H groups in total. The summed E-state index contributed by atoms with van der Waals surface area (Å²) in [5, 5.41) is 0. The van der Waals surface area contributed by atoms with E-state index in [0.29, 0.717) is 12.0 Å². The Morgan fingerprint density at radius 2 is 2.18 bits per heavy atom. The van der Waals surface area contributed by atoms with E-state index in [1.54, 1.807) is 0 Å². The van der Waals surface area contributed by atoms with Crippen LogP contribution in [0.3, 0.4) is 0 Å². The zero-order valence-corrected chi connectivity index (χ0v) is 8.96. The molecule has 0 aromatic heterocycles. The van der Waals surface area contributed by atoms with Gasteiger partial charge in [0.2, 0.25) is 0 Å². The van der Waals surface area contributed by atoms with E-state index in [4.69, 9.17) is 0 Å². The van der Waals surface area contributed by atoms with Crippen LogP contribution in [-0.2, 0) is 0 Å². The molecule has 0 saturated heterocycles. The summed E-state index contributed by atoms with van der Waals surface area (Å²) in [6, 6.07) is 0.584. The van der Waals surface area contributed by atoms with Gasteiger partial charge in [0.05, 0.1) is 0 Å². The van der Waals surface area contributed by atoms with Crippen LogP contribution in [0.25, 0.3) is 0 Å². The van der Waals surface area contributed by atoms with E-state index in [9.17, 15) is 0 Å². The number of nitrogens with zero attached hydrogens (tertiary/aromatic N) is 1. The van der Waals surface area contributed by atoms with Gasteiger partial charge < -0.3 is 0 Å². The molecule has 0 heterocycles. The summed E-state index contributed by atoms with van der Waals surface area (Å²) in [5.74, 6) is 0.574. The van der Waals surface area contributed by atoms with Crippen molar-refractivity contribution < 1.29 is 0 Å². The summed E-state index contributed by atoms with van der Waals surface area (Å²) in [4.78, 5) is 2.24. The van der Waals surface area contributed by atoms with Crippen molar-refractivity contribution in [3.63, 3.8) is 0 Å².